The zero-order chi connectivity index (χ0) is 19.1. The molecule has 1 amide bonds. The predicted molar refractivity (Wildman–Crippen MR) is 98.9 cm³/mol. The van der Waals surface area contributed by atoms with E-state index in [-0.39, 0.29) is 18.5 Å². The number of aliphatic carboxylic acids is 1. The molecule has 6 nitrogen and oxygen atoms in total. The molecule has 0 bridgehead atoms. The van der Waals surface area contributed by atoms with E-state index in [0.717, 1.165) is 12.8 Å². The van der Waals surface area contributed by atoms with Crippen LogP contribution in [0.3, 0.4) is 0 Å². The van der Waals surface area contributed by atoms with E-state index in [1.807, 2.05) is 13.8 Å². The third-order valence-corrected chi connectivity index (χ3v) is 4.74. The second-order valence-corrected chi connectivity index (χ2v) is 6.72. The maximum absolute atomic E-state index is 12.9. The molecule has 1 N–H and O–H groups in total. The highest BCUT2D eigenvalue weighted by atomic mass is 16.5. The van der Waals surface area contributed by atoms with Crippen LogP contribution >= 0.6 is 0 Å². The highest BCUT2D eigenvalue weighted by Gasteiger charge is 2.33. The lowest BCUT2D eigenvalue weighted by Gasteiger charge is -2.36. The third kappa shape index (κ3) is 4.90. The number of carboxylic acids is 1. The van der Waals surface area contributed by atoms with Crippen molar-refractivity contribution in [2.75, 3.05) is 19.8 Å². The van der Waals surface area contributed by atoms with Gasteiger partial charge in [0.1, 0.15) is 0 Å². The molecule has 2 rings (SSSR count). The number of amides is 1. The summed E-state index contributed by atoms with van der Waals surface area (Å²) in [5.41, 5.74) is 0.495. The first kappa shape index (κ1) is 20.1. The van der Waals surface area contributed by atoms with Crippen molar-refractivity contribution in [3.63, 3.8) is 0 Å². The Morgan fingerprint density at radius 1 is 1.19 bits per heavy atom. The number of carboxylic acid groups (broad SMARTS) is 1. The van der Waals surface area contributed by atoms with Crippen LogP contribution in [0.5, 0.6) is 11.5 Å². The fourth-order valence-electron chi connectivity index (χ4n) is 3.11. The van der Waals surface area contributed by atoms with Gasteiger partial charge in [-0.3, -0.25) is 9.59 Å². The lowest BCUT2D eigenvalue weighted by molar-refractivity contribution is -0.143. The number of nitrogens with zero attached hydrogens (tertiary/aromatic N) is 1. The third-order valence-electron chi connectivity index (χ3n) is 4.74. The van der Waals surface area contributed by atoms with Gasteiger partial charge in [-0.15, -0.1) is 0 Å². The number of hydrogen-bond donors (Lipinski definition) is 1. The van der Waals surface area contributed by atoms with Crippen LogP contribution in [0, 0.1) is 5.92 Å². The molecule has 0 radical (unpaired) electrons. The van der Waals surface area contributed by atoms with Gasteiger partial charge in [-0.2, -0.15) is 0 Å². The number of likely N-dealkylation sites (tertiary alicyclic amines) is 1. The van der Waals surface area contributed by atoms with Crippen molar-refractivity contribution < 1.29 is 24.2 Å². The normalized spacial score (nSPS) is 19.9. The second-order valence-electron chi connectivity index (χ2n) is 6.72. The summed E-state index contributed by atoms with van der Waals surface area (Å²) in [4.78, 5) is 25.9. The first-order valence-electron chi connectivity index (χ1n) is 9.41. The minimum Gasteiger partial charge on any atom is -0.490 e. The van der Waals surface area contributed by atoms with Crippen LogP contribution in [0.2, 0.25) is 0 Å². The number of ether oxygens (including phenoxy) is 2. The fourth-order valence-corrected chi connectivity index (χ4v) is 3.11. The van der Waals surface area contributed by atoms with E-state index in [1.54, 1.807) is 23.1 Å². The molecular formula is C20H29NO5. The molecule has 1 aromatic carbocycles. The first-order chi connectivity index (χ1) is 12.5. The van der Waals surface area contributed by atoms with Crippen LogP contribution in [-0.4, -0.2) is 47.7 Å². The SMILES string of the molecule is CCCCOc1ccc(C(=O)N2CC(C(=O)O)CCC2C)cc1OCC. The Morgan fingerprint density at radius 3 is 2.62 bits per heavy atom. The summed E-state index contributed by atoms with van der Waals surface area (Å²) in [6.45, 7) is 7.26. The zero-order valence-corrected chi connectivity index (χ0v) is 15.9. The van der Waals surface area contributed by atoms with Gasteiger partial charge in [0.25, 0.3) is 5.91 Å². The van der Waals surface area contributed by atoms with Gasteiger partial charge in [-0.05, 0) is 51.3 Å². The standard InChI is InChI=1S/C20H29NO5/c1-4-6-11-26-17-10-9-15(12-18(17)25-5-2)19(22)21-13-16(20(23)24)8-7-14(21)3/h9-10,12,14,16H,4-8,11,13H2,1-3H3,(H,23,24). The molecule has 1 fully saturated rings. The smallest absolute Gasteiger partial charge is 0.308 e. The maximum atomic E-state index is 12.9. The van der Waals surface area contributed by atoms with Crippen molar-refractivity contribution in [2.45, 2.75) is 52.5 Å². The van der Waals surface area contributed by atoms with Gasteiger partial charge in [0, 0.05) is 18.2 Å². The molecule has 144 valence electrons. The molecule has 0 saturated carbocycles. The maximum Gasteiger partial charge on any atom is 0.308 e. The molecule has 1 aliphatic rings. The first-order valence-corrected chi connectivity index (χ1v) is 9.41. The minimum absolute atomic E-state index is 0.0223. The molecule has 0 aliphatic carbocycles. The van der Waals surface area contributed by atoms with Crippen molar-refractivity contribution in [1.82, 2.24) is 4.90 Å². The number of carbonyl (C=O) groups excluding carboxylic acids is 1. The Hall–Kier alpha value is -2.24. The summed E-state index contributed by atoms with van der Waals surface area (Å²) in [6, 6.07) is 5.21. The molecule has 2 atom stereocenters. The summed E-state index contributed by atoms with van der Waals surface area (Å²) < 4.78 is 11.4. The zero-order valence-electron chi connectivity index (χ0n) is 15.9. The summed E-state index contributed by atoms with van der Waals surface area (Å²) >= 11 is 0. The van der Waals surface area contributed by atoms with E-state index >= 15 is 0 Å². The largest absolute Gasteiger partial charge is 0.490 e. The predicted octanol–water partition coefficient (Wildman–Crippen LogP) is 3.59. The van der Waals surface area contributed by atoms with Crippen molar-refractivity contribution in [2.24, 2.45) is 5.92 Å². The summed E-state index contributed by atoms with van der Waals surface area (Å²) in [7, 11) is 0. The average Bonchev–Trinajstić information content (AvgIpc) is 2.63. The number of rotatable bonds is 8. The van der Waals surface area contributed by atoms with E-state index in [2.05, 4.69) is 6.92 Å². The molecule has 2 unspecified atom stereocenters. The molecule has 6 heteroatoms. The topological polar surface area (TPSA) is 76.1 Å². The Kier molecular flexibility index (Phi) is 7.30. The van der Waals surface area contributed by atoms with Gasteiger partial charge in [0.15, 0.2) is 11.5 Å². The van der Waals surface area contributed by atoms with Crippen LogP contribution in [0.15, 0.2) is 18.2 Å². The van der Waals surface area contributed by atoms with Gasteiger partial charge in [-0.25, -0.2) is 0 Å². The Balaban J connectivity index is 2.19. The number of benzene rings is 1. The number of piperidine rings is 1. The molecular weight excluding hydrogens is 334 g/mol. The molecule has 1 aliphatic heterocycles. The van der Waals surface area contributed by atoms with Gasteiger partial charge in [-0.1, -0.05) is 13.3 Å². The highest BCUT2D eigenvalue weighted by Crippen LogP contribution is 2.31. The molecule has 1 saturated heterocycles. The Labute approximate surface area is 155 Å². The number of unbranched alkanes of at least 4 members (excludes halogenated alkanes) is 1. The Bertz CT molecular complexity index is 631. The van der Waals surface area contributed by atoms with Crippen molar-refractivity contribution >= 4 is 11.9 Å². The van der Waals surface area contributed by atoms with Gasteiger partial charge < -0.3 is 19.5 Å². The van der Waals surface area contributed by atoms with Crippen LogP contribution in [0.1, 0.15) is 56.8 Å². The van der Waals surface area contributed by atoms with E-state index < -0.39 is 11.9 Å². The lowest BCUT2D eigenvalue weighted by atomic mass is 9.93. The van der Waals surface area contributed by atoms with Crippen LogP contribution < -0.4 is 9.47 Å². The summed E-state index contributed by atoms with van der Waals surface area (Å²) in [5.74, 6) is -0.326. The van der Waals surface area contributed by atoms with Crippen molar-refractivity contribution in [3.05, 3.63) is 23.8 Å². The van der Waals surface area contributed by atoms with E-state index in [9.17, 15) is 14.7 Å². The lowest BCUT2D eigenvalue weighted by Crippen LogP contribution is -2.47. The van der Waals surface area contributed by atoms with Crippen LogP contribution in [0.25, 0.3) is 0 Å². The van der Waals surface area contributed by atoms with E-state index in [4.69, 9.17) is 9.47 Å². The fraction of sp³-hybridized carbons (Fsp3) is 0.600. The molecule has 26 heavy (non-hydrogen) atoms. The minimum atomic E-state index is -0.843. The van der Waals surface area contributed by atoms with Crippen LogP contribution in [-0.2, 0) is 4.79 Å². The van der Waals surface area contributed by atoms with Gasteiger partial charge in [0.2, 0.25) is 0 Å². The summed E-state index contributed by atoms with van der Waals surface area (Å²) in [6.07, 6.45) is 3.29. The highest BCUT2D eigenvalue weighted by molar-refractivity contribution is 5.95. The van der Waals surface area contributed by atoms with Gasteiger partial charge in [0.05, 0.1) is 19.1 Å². The second kappa shape index (κ2) is 9.46. The average molecular weight is 363 g/mol. The van der Waals surface area contributed by atoms with Crippen molar-refractivity contribution in [1.29, 1.82) is 0 Å². The summed E-state index contributed by atoms with van der Waals surface area (Å²) in [5, 5.41) is 9.27. The number of carbonyl (C=O) groups is 2. The van der Waals surface area contributed by atoms with Gasteiger partial charge >= 0.3 is 5.97 Å². The van der Waals surface area contributed by atoms with E-state index in [1.165, 1.54) is 0 Å². The molecule has 0 aromatic heterocycles. The number of hydrogen-bond acceptors (Lipinski definition) is 4. The Morgan fingerprint density at radius 2 is 1.96 bits per heavy atom. The van der Waals surface area contributed by atoms with Crippen molar-refractivity contribution in [3.8, 4) is 11.5 Å². The van der Waals surface area contributed by atoms with Crippen LogP contribution in [0.4, 0.5) is 0 Å². The van der Waals surface area contributed by atoms with E-state index in [0.29, 0.717) is 43.1 Å². The molecule has 1 aromatic rings. The molecule has 1 heterocycles. The monoisotopic (exact) mass is 363 g/mol. The quantitative estimate of drug-likeness (QED) is 0.714. The molecule has 0 spiro atoms.